The summed E-state index contributed by atoms with van der Waals surface area (Å²) in [6.07, 6.45) is 0.805. The van der Waals surface area contributed by atoms with Gasteiger partial charge >= 0.3 is 6.09 Å². The molecule has 10 nitrogen and oxygen atoms in total. The molecular formula is C33H36ClF3N4O6S. The van der Waals surface area contributed by atoms with E-state index in [1.807, 2.05) is 0 Å². The van der Waals surface area contributed by atoms with Crippen molar-refractivity contribution in [1.82, 2.24) is 14.9 Å². The Bertz CT molecular complexity index is 1740. The van der Waals surface area contributed by atoms with Gasteiger partial charge in [-0.1, -0.05) is 29.8 Å². The van der Waals surface area contributed by atoms with E-state index in [-0.39, 0.29) is 29.3 Å². The number of carbonyl (C=O) groups excluding carboxylic acids is 1. The first kappa shape index (κ1) is 35.6. The molecule has 0 saturated carbocycles. The number of nitrogens with zero attached hydrogens (tertiary/aromatic N) is 1. The molecule has 5 rings (SSSR count). The van der Waals surface area contributed by atoms with Crippen molar-refractivity contribution in [3.8, 4) is 0 Å². The average Bonchev–Trinajstić information content (AvgIpc) is 3.00. The summed E-state index contributed by atoms with van der Waals surface area (Å²) in [5.74, 6) is -4.54. The molecule has 3 aromatic carbocycles. The second-order valence-electron chi connectivity index (χ2n) is 12.2. The molecule has 0 aliphatic carbocycles. The van der Waals surface area contributed by atoms with Crippen molar-refractivity contribution in [2.24, 2.45) is 0 Å². The Morgan fingerprint density at radius 3 is 2.35 bits per heavy atom. The zero-order chi connectivity index (χ0) is 34.6. The Hall–Kier alpha value is -3.69. The van der Waals surface area contributed by atoms with Crippen LogP contribution in [0.2, 0.25) is 5.02 Å². The summed E-state index contributed by atoms with van der Waals surface area (Å²) in [6, 6.07) is 11.2. The third-order valence-electron chi connectivity index (χ3n) is 8.80. The molecule has 2 aliphatic rings. The maximum Gasteiger partial charge on any atom is 0.405 e. The molecule has 2 unspecified atom stereocenters. The first-order valence-electron chi connectivity index (χ1n) is 15.4. The Kier molecular flexibility index (Phi) is 11.0. The van der Waals surface area contributed by atoms with Crippen molar-refractivity contribution in [3.05, 3.63) is 99.8 Å². The van der Waals surface area contributed by atoms with Crippen LogP contribution < -0.4 is 16.0 Å². The minimum absolute atomic E-state index is 0.0126. The molecule has 3 aromatic rings. The molecule has 258 valence electrons. The van der Waals surface area contributed by atoms with E-state index in [0.717, 1.165) is 12.1 Å². The molecule has 0 aromatic heterocycles. The first-order chi connectivity index (χ1) is 22.7. The van der Waals surface area contributed by atoms with E-state index in [4.69, 9.17) is 16.3 Å². The maximum atomic E-state index is 15.3. The normalized spacial score (nSPS) is 19.4. The molecule has 0 radical (unpaired) electrons. The van der Waals surface area contributed by atoms with Gasteiger partial charge < -0.3 is 25.8 Å². The SMILES string of the molecule is CS(=O)(=O)N1CCC2(CC1)CNC[C@@H](CCc1c(F)cccc1NC(=O)C(NC(=O)O)C(c1ccc(Cl)cc1)c1cc(F)cc(F)c1)O2. The van der Waals surface area contributed by atoms with E-state index >= 15 is 4.39 Å². The lowest BCUT2D eigenvalue weighted by Crippen LogP contribution is -2.58. The van der Waals surface area contributed by atoms with Crippen LogP contribution in [0.25, 0.3) is 0 Å². The van der Waals surface area contributed by atoms with Crippen molar-refractivity contribution >= 4 is 39.3 Å². The van der Waals surface area contributed by atoms with Crippen molar-refractivity contribution in [1.29, 1.82) is 0 Å². The van der Waals surface area contributed by atoms with Gasteiger partial charge in [-0.3, -0.25) is 4.79 Å². The monoisotopic (exact) mass is 708 g/mol. The summed E-state index contributed by atoms with van der Waals surface area (Å²) in [5.41, 5.74) is 0.0313. The van der Waals surface area contributed by atoms with Crippen molar-refractivity contribution in [2.45, 2.75) is 49.3 Å². The molecule has 4 N–H and O–H groups in total. The summed E-state index contributed by atoms with van der Waals surface area (Å²) in [6.45, 7) is 1.72. The van der Waals surface area contributed by atoms with Crippen LogP contribution in [0.4, 0.5) is 23.7 Å². The number of sulfonamides is 1. The largest absolute Gasteiger partial charge is 0.465 e. The highest BCUT2D eigenvalue weighted by Gasteiger charge is 2.42. The number of piperidine rings is 1. The van der Waals surface area contributed by atoms with Crippen molar-refractivity contribution < 1.29 is 41.0 Å². The van der Waals surface area contributed by atoms with Crippen LogP contribution in [-0.4, -0.2) is 80.0 Å². The molecule has 3 atom stereocenters. The molecule has 2 amide bonds. The Labute approximate surface area is 281 Å². The van der Waals surface area contributed by atoms with Gasteiger partial charge in [0.25, 0.3) is 0 Å². The van der Waals surface area contributed by atoms with Crippen LogP contribution in [0.15, 0.2) is 60.7 Å². The number of morpholine rings is 1. The van der Waals surface area contributed by atoms with E-state index in [9.17, 15) is 31.9 Å². The number of hydrogen-bond acceptors (Lipinski definition) is 6. The van der Waals surface area contributed by atoms with Gasteiger partial charge in [-0.15, -0.1) is 0 Å². The third-order valence-corrected chi connectivity index (χ3v) is 10.4. The Balaban J connectivity index is 1.37. The van der Waals surface area contributed by atoms with Crippen LogP contribution in [-0.2, 0) is 26.0 Å². The van der Waals surface area contributed by atoms with Crippen molar-refractivity contribution in [2.75, 3.05) is 37.8 Å². The molecule has 1 spiro atoms. The number of halogens is 4. The van der Waals surface area contributed by atoms with E-state index in [0.29, 0.717) is 62.1 Å². The second-order valence-corrected chi connectivity index (χ2v) is 14.6. The Morgan fingerprint density at radius 2 is 1.73 bits per heavy atom. The van der Waals surface area contributed by atoms with Gasteiger partial charge in [-0.25, -0.2) is 30.7 Å². The molecule has 2 heterocycles. The topological polar surface area (TPSA) is 137 Å². The minimum Gasteiger partial charge on any atom is -0.465 e. The lowest BCUT2D eigenvalue weighted by atomic mass is 9.84. The van der Waals surface area contributed by atoms with Gasteiger partial charge in [0.1, 0.15) is 23.5 Å². The summed E-state index contributed by atoms with van der Waals surface area (Å²) in [5, 5.41) is 18.2. The van der Waals surface area contributed by atoms with Gasteiger partial charge in [0, 0.05) is 54.4 Å². The lowest BCUT2D eigenvalue weighted by Gasteiger charge is -2.46. The molecule has 15 heteroatoms. The average molecular weight is 709 g/mol. The van der Waals surface area contributed by atoms with E-state index in [1.54, 1.807) is 0 Å². The number of carbonyl (C=O) groups is 2. The van der Waals surface area contributed by atoms with Crippen LogP contribution in [0.5, 0.6) is 0 Å². The van der Waals surface area contributed by atoms with Crippen LogP contribution in [0.1, 0.15) is 41.9 Å². The highest BCUT2D eigenvalue weighted by atomic mass is 35.5. The number of anilines is 1. The molecule has 0 bridgehead atoms. The van der Waals surface area contributed by atoms with Gasteiger partial charge in [-0.05, 0) is 73.2 Å². The van der Waals surface area contributed by atoms with Crippen molar-refractivity contribution in [3.63, 3.8) is 0 Å². The zero-order valence-electron chi connectivity index (χ0n) is 26.0. The number of rotatable bonds is 10. The van der Waals surface area contributed by atoms with Crippen LogP contribution in [0.3, 0.4) is 0 Å². The van der Waals surface area contributed by atoms with Gasteiger partial charge in [-0.2, -0.15) is 0 Å². The number of hydrogen-bond donors (Lipinski definition) is 4. The Morgan fingerprint density at radius 1 is 1.06 bits per heavy atom. The molecular weight excluding hydrogens is 673 g/mol. The van der Waals surface area contributed by atoms with Crippen LogP contribution >= 0.6 is 11.6 Å². The second kappa shape index (κ2) is 14.8. The van der Waals surface area contributed by atoms with E-state index < -0.39 is 57.0 Å². The number of nitrogens with one attached hydrogen (secondary N) is 3. The molecule has 48 heavy (non-hydrogen) atoms. The minimum atomic E-state index is -3.31. The zero-order valence-corrected chi connectivity index (χ0v) is 27.6. The smallest absolute Gasteiger partial charge is 0.405 e. The van der Waals surface area contributed by atoms with E-state index in [1.165, 1.54) is 53.0 Å². The fraction of sp³-hybridized carbons (Fsp3) is 0.394. The number of amides is 2. The highest BCUT2D eigenvalue weighted by molar-refractivity contribution is 7.88. The summed E-state index contributed by atoms with van der Waals surface area (Å²) < 4.78 is 75.9. The molecule has 2 saturated heterocycles. The number of benzene rings is 3. The predicted molar refractivity (Wildman–Crippen MR) is 174 cm³/mol. The first-order valence-corrected chi connectivity index (χ1v) is 17.6. The fourth-order valence-electron chi connectivity index (χ4n) is 6.46. The lowest BCUT2D eigenvalue weighted by molar-refractivity contribution is -0.137. The van der Waals surface area contributed by atoms with Gasteiger partial charge in [0.15, 0.2) is 0 Å². The van der Waals surface area contributed by atoms with E-state index in [2.05, 4.69) is 16.0 Å². The highest BCUT2D eigenvalue weighted by Crippen LogP contribution is 2.34. The number of ether oxygens (including phenoxy) is 1. The number of carboxylic acid groups (broad SMARTS) is 1. The fourth-order valence-corrected chi connectivity index (χ4v) is 7.43. The summed E-state index contributed by atoms with van der Waals surface area (Å²) in [7, 11) is -3.31. The standard InChI is InChI=1S/C33H36ClF3N4O6S/c1-48(45,46)41-13-11-33(12-14-41)19-38-18-25(47-33)9-10-26-27(37)3-2-4-28(26)39-31(42)30(40-32(43)44)29(20-5-7-22(34)8-6-20)21-15-23(35)17-24(36)16-21/h2-8,15-17,25,29-30,38,40H,9-14,18-19H2,1H3,(H,39,42)(H,43,44)/t25-,29?,30?/m1/s1. The third kappa shape index (κ3) is 8.66. The quantitative estimate of drug-likeness (QED) is 0.236. The molecule has 2 fully saturated rings. The summed E-state index contributed by atoms with van der Waals surface area (Å²) in [4.78, 5) is 25.8. The predicted octanol–water partition coefficient (Wildman–Crippen LogP) is 4.88. The molecule has 2 aliphatic heterocycles. The maximum absolute atomic E-state index is 15.3. The van der Waals surface area contributed by atoms with Gasteiger partial charge in [0.2, 0.25) is 15.9 Å². The van der Waals surface area contributed by atoms with Gasteiger partial charge in [0.05, 0.1) is 18.0 Å². The summed E-state index contributed by atoms with van der Waals surface area (Å²) >= 11 is 6.05. The van der Waals surface area contributed by atoms with Crippen LogP contribution in [0, 0.1) is 17.5 Å².